The molecule has 2 aromatic carbocycles. The SMILES string of the molecule is COc1ccc(CN(CC(=O)NCc2ccccc2Cl)C(C)=O)cc1. The summed E-state index contributed by atoms with van der Waals surface area (Å²) in [4.78, 5) is 25.5. The average Bonchev–Trinajstić information content (AvgIpc) is 2.61. The normalized spacial score (nSPS) is 10.2. The van der Waals surface area contributed by atoms with Crippen LogP contribution < -0.4 is 10.1 Å². The molecule has 0 bridgehead atoms. The van der Waals surface area contributed by atoms with Gasteiger partial charge >= 0.3 is 0 Å². The van der Waals surface area contributed by atoms with Gasteiger partial charge in [-0.3, -0.25) is 9.59 Å². The lowest BCUT2D eigenvalue weighted by Crippen LogP contribution is -2.39. The minimum Gasteiger partial charge on any atom is -0.497 e. The zero-order chi connectivity index (χ0) is 18.2. The Morgan fingerprint density at radius 3 is 2.40 bits per heavy atom. The smallest absolute Gasteiger partial charge is 0.239 e. The molecule has 0 spiro atoms. The van der Waals surface area contributed by atoms with E-state index in [2.05, 4.69) is 5.32 Å². The van der Waals surface area contributed by atoms with Gasteiger partial charge in [-0.2, -0.15) is 0 Å². The van der Waals surface area contributed by atoms with Crippen molar-refractivity contribution in [1.29, 1.82) is 0 Å². The van der Waals surface area contributed by atoms with Gasteiger partial charge in [0.2, 0.25) is 11.8 Å². The summed E-state index contributed by atoms with van der Waals surface area (Å²) in [5.74, 6) is 0.350. The van der Waals surface area contributed by atoms with Gasteiger partial charge in [0.15, 0.2) is 0 Å². The molecule has 0 aliphatic rings. The molecule has 0 aliphatic carbocycles. The summed E-state index contributed by atoms with van der Waals surface area (Å²) in [5.41, 5.74) is 1.76. The number of ether oxygens (including phenoxy) is 1. The number of carbonyl (C=O) groups is 2. The molecule has 0 saturated heterocycles. The van der Waals surface area contributed by atoms with Crippen molar-refractivity contribution in [2.75, 3.05) is 13.7 Å². The third-order valence-electron chi connectivity index (χ3n) is 3.75. The maximum absolute atomic E-state index is 12.2. The summed E-state index contributed by atoms with van der Waals surface area (Å²) in [7, 11) is 1.60. The number of amides is 2. The van der Waals surface area contributed by atoms with Gasteiger partial charge in [0, 0.05) is 25.0 Å². The first kappa shape index (κ1) is 18.8. The predicted octanol–water partition coefficient (Wildman–Crippen LogP) is 3.01. The lowest BCUT2D eigenvalue weighted by Gasteiger charge is -2.21. The van der Waals surface area contributed by atoms with E-state index in [9.17, 15) is 9.59 Å². The lowest BCUT2D eigenvalue weighted by molar-refractivity contribution is -0.135. The summed E-state index contributed by atoms with van der Waals surface area (Å²) in [6.07, 6.45) is 0. The molecule has 0 saturated carbocycles. The van der Waals surface area contributed by atoms with Gasteiger partial charge in [0.25, 0.3) is 0 Å². The molecule has 1 N–H and O–H groups in total. The van der Waals surface area contributed by atoms with E-state index in [4.69, 9.17) is 16.3 Å². The van der Waals surface area contributed by atoms with E-state index >= 15 is 0 Å². The molecule has 0 fully saturated rings. The Kier molecular flexibility index (Phi) is 6.83. The highest BCUT2D eigenvalue weighted by Gasteiger charge is 2.14. The van der Waals surface area contributed by atoms with Gasteiger partial charge in [-0.25, -0.2) is 0 Å². The quantitative estimate of drug-likeness (QED) is 0.825. The van der Waals surface area contributed by atoms with Crippen molar-refractivity contribution in [3.05, 3.63) is 64.7 Å². The number of methoxy groups -OCH3 is 1. The second kappa shape index (κ2) is 9.08. The second-order valence-corrected chi connectivity index (χ2v) is 6.00. The Balaban J connectivity index is 1.92. The fourth-order valence-corrected chi connectivity index (χ4v) is 2.50. The molecule has 25 heavy (non-hydrogen) atoms. The van der Waals surface area contributed by atoms with Crippen LogP contribution in [-0.2, 0) is 22.7 Å². The number of halogens is 1. The van der Waals surface area contributed by atoms with Gasteiger partial charge in [0.1, 0.15) is 5.75 Å². The lowest BCUT2D eigenvalue weighted by atomic mass is 10.2. The summed E-state index contributed by atoms with van der Waals surface area (Å²) in [5, 5.41) is 3.39. The number of nitrogens with zero attached hydrogens (tertiary/aromatic N) is 1. The van der Waals surface area contributed by atoms with Crippen LogP contribution in [0.3, 0.4) is 0 Å². The summed E-state index contributed by atoms with van der Waals surface area (Å²) in [6.45, 7) is 2.13. The highest BCUT2D eigenvalue weighted by Crippen LogP contribution is 2.15. The summed E-state index contributed by atoms with van der Waals surface area (Å²) >= 11 is 6.07. The molecule has 2 aromatic rings. The topological polar surface area (TPSA) is 58.6 Å². The molecule has 0 aliphatic heterocycles. The first-order chi connectivity index (χ1) is 12.0. The maximum Gasteiger partial charge on any atom is 0.239 e. The van der Waals surface area contributed by atoms with Crippen molar-refractivity contribution in [2.24, 2.45) is 0 Å². The first-order valence-corrected chi connectivity index (χ1v) is 8.26. The van der Waals surface area contributed by atoms with Crippen molar-refractivity contribution in [1.82, 2.24) is 10.2 Å². The molecule has 2 amide bonds. The number of nitrogens with one attached hydrogen (secondary N) is 1. The van der Waals surface area contributed by atoms with Crippen LogP contribution in [0, 0.1) is 0 Å². The number of hydrogen-bond acceptors (Lipinski definition) is 3. The predicted molar refractivity (Wildman–Crippen MR) is 97.4 cm³/mol. The molecule has 0 aromatic heterocycles. The van der Waals surface area contributed by atoms with Crippen LogP contribution >= 0.6 is 11.6 Å². The van der Waals surface area contributed by atoms with Crippen molar-refractivity contribution in [3.8, 4) is 5.75 Å². The molecule has 0 heterocycles. The molecule has 2 rings (SSSR count). The van der Waals surface area contributed by atoms with E-state index in [-0.39, 0.29) is 18.4 Å². The molecule has 0 radical (unpaired) electrons. The van der Waals surface area contributed by atoms with Crippen molar-refractivity contribution < 1.29 is 14.3 Å². The number of benzene rings is 2. The van der Waals surface area contributed by atoms with E-state index in [0.717, 1.165) is 16.9 Å². The second-order valence-electron chi connectivity index (χ2n) is 5.59. The van der Waals surface area contributed by atoms with Gasteiger partial charge in [-0.05, 0) is 29.3 Å². The summed E-state index contributed by atoms with van der Waals surface area (Å²) in [6, 6.07) is 14.7. The molecule has 132 valence electrons. The zero-order valence-electron chi connectivity index (χ0n) is 14.3. The van der Waals surface area contributed by atoms with E-state index in [1.54, 1.807) is 13.2 Å². The molecular weight excluding hydrogens is 340 g/mol. The monoisotopic (exact) mass is 360 g/mol. The fraction of sp³-hybridized carbons (Fsp3) is 0.263. The molecule has 6 heteroatoms. The fourth-order valence-electron chi connectivity index (χ4n) is 2.29. The van der Waals surface area contributed by atoms with Crippen LogP contribution in [0.1, 0.15) is 18.1 Å². The minimum atomic E-state index is -0.233. The van der Waals surface area contributed by atoms with E-state index in [0.29, 0.717) is 18.1 Å². The van der Waals surface area contributed by atoms with Gasteiger partial charge in [-0.1, -0.05) is 41.9 Å². The van der Waals surface area contributed by atoms with Gasteiger partial charge in [0.05, 0.1) is 13.7 Å². The number of hydrogen-bond donors (Lipinski definition) is 1. The Hall–Kier alpha value is -2.53. The van der Waals surface area contributed by atoms with E-state index in [1.165, 1.54) is 11.8 Å². The van der Waals surface area contributed by atoms with E-state index in [1.807, 2.05) is 42.5 Å². The summed E-state index contributed by atoms with van der Waals surface area (Å²) < 4.78 is 5.11. The van der Waals surface area contributed by atoms with Crippen LogP contribution in [0.5, 0.6) is 5.75 Å². The van der Waals surface area contributed by atoms with Gasteiger partial charge < -0.3 is 15.0 Å². The van der Waals surface area contributed by atoms with Crippen LogP contribution in [0.2, 0.25) is 5.02 Å². The largest absolute Gasteiger partial charge is 0.497 e. The van der Waals surface area contributed by atoms with Crippen molar-refractivity contribution in [3.63, 3.8) is 0 Å². The van der Waals surface area contributed by atoms with Crippen LogP contribution in [0.4, 0.5) is 0 Å². The van der Waals surface area contributed by atoms with Crippen LogP contribution in [0.25, 0.3) is 0 Å². The zero-order valence-corrected chi connectivity index (χ0v) is 15.0. The Morgan fingerprint density at radius 2 is 1.80 bits per heavy atom. The standard InChI is InChI=1S/C19H21ClN2O3/c1-14(23)22(12-15-7-9-17(25-2)10-8-15)13-19(24)21-11-16-5-3-4-6-18(16)20/h3-10H,11-13H2,1-2H3,(H,21,24). The Labute approximate surface area is 152 Å². The number of carbonyl (C=O) groups excluding carboxylic acids is 2. The maximum atomic E-state index is 12.2. The third kappa shape index (κ3) is 5.80. The highest BCUT2D eigenvalue weighted by molar-refractivity contribution is 6.31. The molecule has 0 unspecified atom stereocenters. The van der Waals surface area contributed by atoms with Crippen LogP contribution in [0.15, 0.2) is 48.5 Å². The first-order valence-electron chi connectivity index (χ1n) is 7.88. The minimum absolute atomic E-state index is 0.00812. The number of rotatable bonds is 7. The van der Waals surface area contributed by atoms with Crippen molar-refractivity contribution >= 4 is 23.4 Å². The molecule has 5 nitrogen and oxygen atoms in total. The Bertz CT molecular complexity index is 732. The third-order valence-corrected chi connectivity index (χ3v) is 4.11. The Morgan fingerprint density at radius 1 is 1.12 bits per heavy atom. The average molecular weight is 361 g/mol. The highest BCUT2D eigenvalue weighted by atomic mass is 35.5. The van der Waals surface area contributed by atoms with Crippen molar-refractivity contribution in [2.45, 2.75) is 20.0 Å². The molecular formula is C19H21ClN2O3. The molecule has 0 atom stereocenters. The van der Waals surface area contributed by atoms with Gasteiger partial charge in [-0.15, -0.1) is 0 Å². The van der Waals surface area contributed by atoms with E-state index < -0.39 is 0 Å². The van der Waals surface area contributed by atoms with Crippen LogP contribution in [-0.4, -0.2) is 30.4 Å².